The van der Waals surface area contributed by atoms with Crippen LogP contribution in [0.4, 0.5) is 0 Å². The Morgan fingerprint density at radius 3 is 2.67 bits per heavy atom. The zero-order valence-corrected chi connectivity index (χ0v) is 5.87. The van der Waals surface area contributed by atoms with Gasteiger partial charge >= 0.3 is 5.97 Å². The number of carbonyl (C=O) groups excluding carboxylic acids is 1. The molecule has 4 heteroatoms. The van der Waals surface area contributed by atoms with E-state index in [-0.39, 0.29) is 17.1 Å². The third-order valence-electron chi connectivity index (χ3n) is 0.497. The van der Waals surface area contributed by atoms with Crippen LogP contribution in [0.15, 0.2) is 12.3 Å². The number of rotatable bonds is 2. The maximum Gasteiger partial charge on any atom is 0.333 e. The Balaban J connectivity index is 0. The molecule has 57 valence electrons. The summed E-state index contributed by atoms with van der Waals surface area (Å²) < 4.78 is 4.40. The number of carbonyl (C=O) groups is 1. The van der Waals surface area contributed by atoms with Gasteiger partial charge in [-0.3, -0.25) is 0 Å². The van der Waals surface area contributed by atoms with Crippen molar-refractivity contribution in [3.05, 3.63) is 12.3 Å². The van der Waals surface area contributed by atoms with Gasteiger partial charge < -0.3 is 9.84 Å². The number of ether oxygens (including phenoxy) is 1. The summed E-state index contributed by atoms with van der Waals surface area (Å²) in [5.74, 6) is -0.519. The van der Waals surface area contributed by atoms with E-state index in [4.69, 9.17) is 5.11 Å². The fraction of sp³-hybridized carbons (Fsp3) is 0.400. The van der Waals surface area contributed by atoms with E-state index in [9.17, 15) is 4.79 Å². The van der Waals surface area contributed by atoms with Crippen LogP contribution in [0, 0.1) is 0 Å². The summed E-state index contributed by atoms with van der Waals surface area (Å²) in [6.45, 7) is 2.03. The molecule has 0 saturated heterocycles. The minimum absolute atomic E-state index is 0. The summed E-state index contributed by atoms with van der Waals surface area (Å²) in [7, 11) is 0. The molecule has 3 nitrogen and oxygen atoms in total. The van der Waals surface area contributed by atoms with Gasteiger partial charge in [0.25, 0.3) is 0 Å². The number of hydrogen-bond donors (Lipinski definition) is 1. The van der Waals surface area contributed by atoms with Crippen LogP contribution in [0.3, 0.4) is 0 Å². The van der Waals surface area contributed by atoms with Crippen LogP contribution >= 0.6 is 0 Å². The molecule has 9 heavy (non-hydrogen) atoms. The first-order valence-corrected chi connectivity index (χ1v) is 2.28. The summed E-state index contributed by atoms with van der Waals surface area (Å²) in [6, 6.07) is 0. The summed E-state index contributed by atoms with van der Waals surface area (Å²) in [4.78, 5) is 10.2. The molecule has 0 atom stereocenters. The molecule has 0 aromatic carbocycles. The zero-order chi connectivity index (χ0) is 6.41. The molecule has 0 amide bonds. The van der Waals surface area contributed by atoms with Crippen LogP contribution in [0.5, 0.6) is 0 Å². The van der Waals surface area contributed by atoms with Crippen LogP contribution in [-0.2, 0) is 26.6 Å². The Bertz CT molecular complexity index is 100. The van der Waals surface area contributed by atoms with Gasteiger partial charge in [0.15, 0.2) is 0 Å². The van der Waals surface area contributed by atoms with Gasteiger partial charge in [-0.1, -0.05) is 0 Å². The van der Waals surface area contributed by atoms with Gasteiger partial charge in [0.05, 0.1) is 18.9 Å². The van der Waals surface area contributed by atoms with Crippen molar-refractivity contribution in [2.75, 3.05) is 6.61 Å². The van der Waals surface area contributed by atoms with E-state index in [1.54, 1.807) is 6.92 Å². The maximum absolute atomic E-state index is 10.2. The largest absolute Gasteiger partial charge is 0.515 e. The average Bonchev–Trinajstić information content (AvgIpc) is 1.68. The zero-order valence-electron chi connectivity index (χ0n) is 4.93. The Hall–Kier alpha value is -0.471. The van der Waals surface area contributed by atoms with Gasteiger partial charge in [0, 0.05) is 17.1 Å². The first-order valence-electron chi connectivity index (χ1n) is 2.28. The Morgan fingerprint density at radius 2 is 2.33 bits per heavy atom. The summed E-state index contributed by atoms with van der Waals surface area (Å²) in [5.41, 5.74) is 0. The molecule has 0 aliphatic heterocycles. The van der Waals surface area contributed by atoms with E-state index >= 15 is 0 Å². The van der Waals surface area contributed by atoms with E-state index in [0.717, 1.165) is 6.08 Å². The Morgan fingerprint density at radius 1 is 1.78 bits per heavy atom. The van der Waals surface area contributed by atoms with Gasteiger partial charge in [-0.05, 0) is 6.92 Å². The molecule has 0 aliphatic carbocycles. The van der Waals surface area contributed by atoms with Gasteiger partial charge in [0.1, 0.15) is 0 Å². The van der Waals surface area contributed by atoms with Crippen molar-refractivity contribution < 1.29 is 31.7 Å². The second-order valence-electron chi connectivity index (χ2n) is 1.07. The molecule has 1 radical (unpaired) electrons. The molecule has 0 fully saturated rings. The predicted molar refractivity (Wildman–Crippen MR) is 28.4 cm³/mol. The maximum atomic E-state index is 10.2. The van der Waals surface area contributed by atoms with E-state index in [0.29, 0.717) is 12.9 Å². The van der Waals surface area contributed by atoms with E-state index in [2.05, 4.69) is 4.74 Å². The number of esters is 1. The molecule has 1 N–H and O–H groups in total. The number of hydrogen-bond acceptors (Lipinski definition) is 3. The summed E-state index contributed by atoms with van der Waals surface area (Å²) in [5, 5.41) is 7.98. The minimum Gasteiger partial charge on any atom is -0.515 e. The van der Waals surface area contributed by atoms with Crippen molar-refractivity contribution in [2.24, 2.45) is 0 Å². The molecule has 0 saturated carbocycles. The number of aliphatic hydroxyl groups excluding tert-OH is 1. The Kier molecular flexibility index (Phi) is 9.49. The van der Waals surface area contributed by atoms with Crippen LogP contribution in [0.2, 0.25) is 0 Å². The Labute approximate surface area is 64.2 Å². The second kappa shape index (κ2) is 7.53. The molecule has 0 heterocycles. The molecule has 0 spiro atoms. The van der Waals surface area contributed by atoms with Crippen molar-refractivity contribution in [3.8, 4) is 0 Å². The molecule has 0 unspecified atom stereocenters. The molecule has 0 aromatic rings. The van der Waals surface area contributed by atoms with Crippen molar-refractivity contribution in [1.82, 2.24) is 0 Å². The first-order chi connectivity index (χ1) is 3.81. The monoisotopic (exact) mass is 179 g/mol. The second-order valence-corrected chi connectivity index (χ2v) is 1.07. The third kappa shape index (κ3) is 7.53. The van der Waals surface area contributed by atoms with Crippen molar-refractivity contribution in [3.63, 3.8) is 0 Å². The van der Waals surface area contributed by atoms with E-state index in [1.807, 2.05) is 0 Å². The fourth-order valence-electron chi connectivity index (χ4n) is 0.251. The molecular weight excluding hydrogens is 172 g/mol. The van der Waals surface area contributed by atoms with Gasteiger partial charge in [0.2, 0.25) is 0 Å². The number of aliphatic hydroxyl groups is 1. The molecule has 0 bridgehead atoms. The van der Waals surface area contributed by atoms with Crippen LogP contribution in [0.1, 0.15) is 6.92 Å². The SMILES string of the molecule is CCOC(=O)/C=C\O.[Cu]. The molecular formula is C5H8CuO3. The van der Waals surface area contributed by atoms with Gasteiger partial charge in [-0.2, -0.15) is 0 Å². The van der Waals surface area contributed by atoms with Crippen LogP contribution in [-0.4, -0.2) is 17.7 Å². The topological polar surface area (TPSA) is 46.5 Å². The standard InChI is InChI=1S/C5H8O3.Cu/c1-2-8-5(7)3-4-6;/h3-4,6H,2H2,1H3;/b4-3-;. The van der Waals surface area contributed by atoms with Crippen LogP contribution < -0.4 is 0 Å². The normalized spacial score (nSPS) is 8.56. The molecule has 0 aromatic heterocycles. The minimum atomic E-state index is -0.519. The fourth-order valence-corrected chi connectivity index (χ4v) is 0.251. The van der Waals surface area contributed by atoms with Crippen LogP contribution in [0.25, 0.3) is 0 Å². The molecule has 0 aliphatic rings. The van der Waals surface area contributed by atoms with E-state index in [1.165, 1.54) is 0 Å². The van der Waals surface area contributed by atoms with Crippen molar-refractivity contribution in [2.45, 2.75) is 6.92 Å². The van der Waals surface area contributed by atoms with Gasteiger partial charge in [-0.15, -0.1) is 0 Å². The third-order valence-corrected chi connectivity index (χ3v) is 0.497. The quantitative estimate of drug-likeness (QED) is 0.293. The predicted octanol–water partition coefficient (Wildman–Crippen LogP) is 0.619. The van der Waals surface area contributed by atoms with Crippen molar-refractivity contribution in [1.29, 1.82) is 0 Å². The van der Waals surface area contributed by atoms with E-state index < -0.39 is 5.97 Å². The summed E-state index contributed by atoms with van der Waals surface area (Å²) in [6.07, 6.45) is 1.60. The van der Waals surface area contributed by atoms with Crippen molar-refractivity contribution >= 4 is 5.97 Å². The van der Waals surface area contributed by atoms with Gasteiger partial charge in [-0.25, -0.2) is 4.79 Å². The molecule has 0 rings (SSSR count). The smallest absolute Gasteiger partial charge is 0.333 e. The average molecular weight is 180 g/mol. The first kappa shape index (κ1) is 11.3. The summed E-state index contributed by atoms with van der Waals surface area (Å²) >= 11 is 0.